The Morgan fingerprint density at radius 1 is 1.07 bits per heavy atom. The number of hydrogen-bond donors (Lipinski definition) is 0. The van der Waals surface area contributed by atoms with Gasteiger partial charge < -0.3 is 9.80 Å². The van der Waals surface area contributed by atoms with E-state index < -0.39 is 0 Å². The fraction of sp³-hybridized carbons (Fsp3) is 0.682. The Bertz CT molecular complexity index is 967. The van der Waals surface area contributed by atoms with Crippen molar-refractivity contribution < 1.29 is 4.79 Å². The average molecular weight is 417 g/mol. The Morgan fingerprint density at radius 3 is 2.41 bits per heavy atom. The predicted molar refractivity (Wildman–Crippen MR) is 119 cm³/mol. The fourth-order valence-corrected chi connectivity index (χ4v) is 5.78. The van der Waals surface area contributed by atoms with Crippen LogP contribution in [0.4, 0.5) is 5.95 Å². The minimum absolute atomic E-state index is 0.0501. The summed E-state index contributed by atoms with van der Waals surface area (Å²) in [6.07, 6.45) is 5.04. The lowest BCUT2D eigenvalue weighted by molar-refractivity contribution is -0.132. The number of fused-ring (bicyclic) bond motifs is 3. The first kappa shape index (κ1) is 20.4. The molecule has 0 unspecified atom stereocenters. The standard InChI is InChI=1S/C22H32N4O2S/c1-14(2)13-18(27)24-9-11-25(12-10-24)22-23-20-19(21(28)26(22)15(3)4)16-7-5-6-8-17(16)29-20/h14-15H,5-13H2,1-4H3. The molecule has 3 heterocycles. The van der Waals surface area contributed by atoms with Crippen molar-refractivity contribution in [3.63, 3.8) is 0 Å². The minimum atomic E-state index is 0.0501. The van der Waals surface area contributed by atoms with Gasteiger partial charge in [0.1, 0.15) is 4.83 Å². The maximum Gasteiger partial charge on any atom is 0.264 e. The number of thiophene rings is 1. The molecule has 4 rings (SSSR count). The smallest absolute Gasteiger partial charge is 0.264 e. The van der Waals surface area contributed by atoms with E-state index in [0.29, 0.717) is 25.4 Å². The summed E-state index contributed by atoms with van der Waals surface area (Å²) in [7, 11) is 0. The van der Waals surface area contributed by atoms with Gasteiger partial charge in [0.15, 0.2) is 0 Å². The molecule has 7 heteroatoms. The average Bonchev–Trinajstić information content (AvgIpc) is 3.05. The van der Waals surface area contributed by atoms with Gasteiger partial charge in [-0.3, -0.25) is 14.2 Å². The predicted octanol–water partition coefficient (Wildman–Crippen LogP) is 3.61. The third-order valence-electron chi connectivity index (χ3n) is 6.02. The maximum atomic E-state index is 13.5. The molecule has 0 aromatic carbocycles. The molecule has 29 heavy (non-hydrogen) atoms. The first-order valence-corrected chi connectivity index (χ1v) is 11.8. The lowest BCUT2D eigenvalue weighted by atomic mass is 9.97. The molecule has 0 spiro atoms. The van der Waals surface area contributed by atoms with Crippen molar-refractivity contribution in [2.24, 2.45) is 5.92 Å². The zero-order chi connectivity index (χ0) is 20.7. The van der Waals surface area contributed by atoms with E-state index in [0.717, 1.165) is 48.5 Å². The molecule has 2 aromatic rings. The summed E-state index contributed by atoms with van der Waals surface area (Å²) < 4.78 is 1.87. The molecule has 2 aromatic heterocycles. The van der Waals surface area contributed by atoms with E-state index >= 15 is 0 Å². The first-order chi connectivity index (χ1) is 13.9. The summed E-state index contributed by atoms with van der Waals surface area (Å²) in [5, 5.41) is 0.855. The minimum Gasteiger partial charge on any atom is -0.339 e. The van der Waals surface area contributed by atoms with Crippen LogP contribution in [-0.2, 0) is 17.6 Å². The van der Waals surface area contributed by atoms with E-state index in [9.17, 15) is 9.59 Å². The second kappa shape index (κ2) is 8.09. The lowest BCUT2D eigenvalue weighted by Gasteiger charge is -2.37. The van der Waals surface area contributed by atoms with E-state index in [2.05, 4.69) is 32.6 Å². The number of carbonyl (C=O) groups is 1. The summed E-state index contributed by atoms with van der Waals surface area (Å²) in [6.45, 7) is 11.1. The van der Waals surface area contributed by atoms with Crippen molar-refractivity contribution in [3.8, 4) is 0 Å². The molecule has 0 radical (unpaired) electrons. The van der Waals surface area contributed by atoms with Crippen molar-refractivity contribution in [2.75, 3.05) is 31.1 Å². The number of carbonyl (C=O) groups excluding carboxylic acids is 1. The highest BCUT2D eigenvalue weighted by atomic mass is 32.1. The van der Waals surface area contributed by atoms with Crippen molar-refractivity contribution >= 4 is 33.4 Å². The summed E-state index contributed by atoms with van der Waals surface area (Å²) in [6, 6.07) is 0.0501. The Kier molecular flexibility index (Phi) is 5.69. The van der Waals surface area contributed by atoms with Crippen LogP contribution in [0.15, 0.2) is 4.79 Å². The van der Waals surface area contributed by atoms with Crippen LogP contribution in [0, 0.1) is 5.92 Å². The van der Waals surface area contributed by atoms with E-state index in [1.54, 1.807) is 11.3 Å². The van der Waals surface area contributed by atoms with E-state index in [1.807, 2.05) is 9.47 Å². The van der Waals surface area contributed by atoms with Gasteiger partial charge in [0.2, 0.25) is 11.9 Å². The van der Waals surface area contributed by atoms with Gasteiger partial charge in [0.25, 0.3) is 5.56 Å². The number of nitrogens with zero attached hydrogens (tertiary/aromatic N) is 4. The number of rotatable bonds is 4. The highest BCUT2D eigenvalue weighted by Gasteiger charge is 2.28. The van der Waals surface area contributed by atoms with Gasteiger partial charge in [-0.05, 0) is 51.0 Å². The van der Waals surface area contributed by atoms with Gasteiger partial charge in [-0.25, -0.2) is 4.98 Å². The second-order valence-corrected chi connectivity index (χ2v) is 10.1. The largest absolute Gasteiger partial charge is 0.339 e. The summed E-state index contributed by atoms with van der Waals surface area (Å²) in [4.78, 5) is 37.3. The highest BCUT2D eigenvalue weighted by Crippen LogP contribution is 2.35. The highest BCUT2D eigenvalue weighted by molar-refractivity contribution is 7.18. The molecule has 1 saturated heterocycles. The van der Waals surface area contributed by atoms with E-state index in [1.165, 1.54) is 16.9 Å². The SMILES string of the molecule is CC(C)CC(=O)N1CCN(c2nc3sc4c(c3c(=O)n2C(C)C)CCCC4)CC1. The molecule has 0 N–H and O–H groups in total. The van der Waals surface area contributed by atoms with Crippen molar-refractivity contribution in [1.82, 2.24) is 14.5 Å². The van der Waals surface area contributed by atoms with Gasteiger partial charge in [-0.1, -0.05) is 13.8 Å². The first-order valence-electron chi connectivity index (χ1n) is 11.0. The van der Waals surface area contributed by atoms with Crippen molar-refractivity contribution in [1.29, 1.82) is 0 Å². The van der Waals surface area contributed by atoms with Gasteiger partial charge in [0.05, 0.1) is 5.39 Å². The zero-order valence-electron chi connectivity index (χ0n) is 18.0. The molecule has 0 saturated carbocycles. The van der Waals surface area contributed by atoms with Gasteiger partial charge in [-0.2, -0.15) is 0 Å². The maximum absolute atomic E-state index is 13.5. The van der Waals surface area contributed by atoms with E-state index in [4.69, 9.17) is 4.98 Å². The Morgan fingerprint density at radius 2 is 1.76 bits per heavy atom. The fourth-order valence-electron chi connectivity index (χ4n) is 4.53. The number of hydrogen-bond acceptors (Lipinski definition) is 5. The Labute approximate surface area is 176 Å². The zero-order valence-corrected chi connectivity index (χ0v) is 18.8. The summed E-state index contributed by atoms with van der Waals surface area (Å²) >= 11 is 1.71. The summed E-state index contributed by atoms with van der Waals surface area (Å²) in [5.74, 6) is 1.38. The monoisotopic (exact) mass is 416 g/mol. The summed E-state index contributed by atoms with van der Waals surface area (Å²) in [5.41, 5.74) is 1.36. The molecule has 1 amide bonds. The number of piperazine rings is 1. The quantitative estimate of drug-likeness (QED) is 0.764. The number of aromatic nitrogens is 2. The van der Waals surface area contributed by atoms with Crippen LogP contribution in [0.2, 0.25) is 0 Å². The molecule has 1 aliphatic carbocycles. The molecular weight excluding hydrogens is 384 g/mol. The molecule has 1 aliphatic heterocycles. The van der Waals surface area contributed by atoms with Crippen LogP contribution < -0.4 is 10.5 Å². The number of amides is 1. The van der Waals surface area contributed by atoms with Crippen LogP contribution in [0.25, 0.3) is 10.2 Å². The van der Waals surface area contributed by atoms with Gasteiger partial charge >= 0.3 is 0 Å². The molecule has 0 bridgehead atoms. The molecule has 6 nitrogen and oxygen atoms in total. The molecule has 158 valence electrons. The van der Waals surface area contributed by atoms with Crippen LogP contribution in [0.3, 0.4) is 0 Å². The van der Waals surface area contributed by atoms with Crippen molar-refractivity contribution in [3.05, 3.63) is 20.8 Å². The molecule has 0 atom stereocenters. The third kappa shape index (κ3) is 3.81. The van der Waals surface area contributed by atoms with Crippen LogP contribution in [0.5, 0.6) is 0 Å². The Balaban J connectivity index is 1.66. The van der Waals surface area contributed by atoms with Crippen LogP contribution in [-0.4, -0.2) is 46.5 Å². The lowest BCUT2D eigenvalue weighted by Crippen LogP contribution is -2.50. The van der Waals surface area contributed by atoms with Crippen LogP contribution in [0.1, 0.15) is 63.4 Å². The van der Waals surface area contributed by atoms with Gasteiger partial charge in [-0.15, -0.1) is 11.3 Å². The third-order valence-corrected chi connectivity index (χ3v) is 7.20. The molecule has 1 fully saturated rings. The van der Waals surface area contributed by atoms with Gasteiger partial charge in [0, 0.05) is 43.5 Å². The number of anilines is 1. The van der Waals surface area contributed by atoms with Crippen LogP contribution >= 0.6 is 11.3 Å². The normalized spacial score (nSPS) is 17.4. The van der Waals surface area contributed by atoms with E-state index in [-0.39, 0.29) is 17.5 Å². The molecule has 2 aliphatic rings. The topological polar surface area (TPSA) is 58.4 Å². The molecular formula is C22H32N4O2S. The number of aryl methyl sites for hydroxylation is 2. The van der Waals surface area contributed by atoms with Crippen molar-refractivity contribution in [2.45, 2.75) is 65.8 Å². The second-order valence-electron chi connectivity index (χ2n) is 9.04. The Hall–Kier alpha value is -1.89.